The second-order valence-electron chi connectivity index (χ2n) is 10.1. The van der Waals surface area contributed by atoms with Gasteiger partial charge in [-0.05, 0) is 72.3 Å². The van der Waals surface area contributed by atoms with E-state index in [2.05, 4.69) is 17.1 Å². The van der Waals surface area contributed by atoms with Crippen molar-refractivity contribution in [2.24, 2.45) is 41.4 Å². The van der Waals surface area contributed by atoms with Crippen LogP contribution in [0, 0.1) is 47.2 Å². The zero-order chi connectivity index (χ0) is 22.6. The van der Waals surface area contributed by atoms with Gasteiger partial charge in [0.2, 0.25) is 11.8 Å². The fourth-order valence-corrected chi connectivity index (χ4v) is 6.83. The number of rotatable bonds is 4. The summed E-state index contributed by atoms with van der Waals surface area (Å²) in [5, 5.41) is -0.0643. The summed E-state index contributed by atoms with van der Waals surface area (Å²) in [5.74, 6) is 0.323. The topological polar surface area (TPSA) is 67.3 Å². The quantitative estimate of drug-likeness (QED) is 0.383. The first kappa shape index (κ1) is 19.6. The van der Waals surface area contributed by atoms with Crippen molar-refractivity contribution in [1.82, 2.24) is 4.98 Å². The van der Waals surface area contributed by atoms with Crippen LogP contribution in [0.25, 0.3) is 0 Å². The average molecular weight is 463 g/mol. The molecule has 7 heteroatoms. The zero-order valence-electron chi connectivity index (χ0n) is 17.5. The molecule has 1 aromatic heterocycles. The lowest BCUT2D eigenvalue weighted by atomic mass is 9.63. The minimum atomic E-state index is -0.549. The van der Waals surface area contributed by atoms with Gasteiger partial charge in [0.05, 0.1) is 16.9 Å². The number of Topliss-reactive ketones (excluding diaryl/α,β-unsaturated/α-hetero) is 1. The summed E-state index contributed by atoms with van der Waals surface area (Å²) >= 11 is 5.82. The molecule has 2 aromatic rings. The van der Waals surface area contributed by atoms with Crippen molar-refractivity contribution in [1.29, 1.82) is 0 Å². The van der Waals surface area contributed by atoms with Crippen LogP contribution in [-0.4, -0.2) is 22.6 Å². The van der Waals surface area contributed by atoms with Crippen molar-refractivity contribution in [2.75, 3.05) is 4.90 Å². The number of hydrogen-bond donors (Lipinski definition) is 0. The molecule has 2 heterocycles. The van der Waals surface area contributed by atoms with Crippen molar-refractivity contribution in [3.63, 3.8) is 0 Å². The number of benzene rings is 1. The van der Waals surface area contributed by atoms with Crippen molar-refractivity contribution >= 4 is 35.0 Å². The molecule has 0 spiro atoms. The van der Waals surface area contributed by atoms with E-state index in [-0.39, 0.29) is 58.1 Å². The van der Waals surface area contributed by atoms with Gasteiger partial charge in [-0.25, -0.2) is 14.3 Å². The van der Waals surface area contributed by atoms with Gasteiger partial charge in [-0.1, -0.05) is 29.8 Å². The second-order valence-corrected chi connectivity index (χ2v) is 10.5. The fraction of sp³-hybridized carbons (Fsp3) is 0.385. The number of imide groups is 1. The Balaban J connectivity index is 1.09. The molecule has 1 saturated heterocycles. The van der Waals surface area contributed by atoms with Gasteiger partial charge in [0.15, 0.2) is 5.78 Å². The summed E-state index contributed by atoms with van der Waals surface area (Å²) in [6, 6.07) is 7.59. The largest absolute Gasteiger partial charge is 0.294 e. The average Bonchev–Trinajstić information content (AvgIpc) is 3.74. The standard InChI is InChI=1S/C26H20ClFN2O3/c27-19-7-11(1-5-20(19)28)24(31)18-8-15(18)12-2-6-21(29-10-12)30-25(32)22-13-3-4-14(17-9-16(13)17)23(22)26(30)33/h1-7,10,13-18,22-23H,8-9H2. The van der Waals surface area contributed by atoms with Gasteiger partial charge in [0, 0.05) is 17.7 Å². The van der Waals surface area contributed by atoms with Crippen LogP contribution in [0.4, 0.5) is 10.2 Å². The molecule has 2 bridgehead atoms. The Hall–Kier alpha value is -2.86. The number of carbonyl (C=O) groups excluding carboxylic acids is 3. The van der Waals surface area contributed by atoms with Gasteiger partial charge >= 0.3 is 0 Å². The monoisotopic (exact) mass is 462 g/mol. The number of carbonyl (C=O) groups is 3. The van der Waals surface area contributed by atoms with E-state index < -0.39 is 5.82 Å². The molecular formula is C26H20ClFN2O3. The van der Waals surface area contributed by atoms with E-state index in [0.717, 1.165) is 12.0 Å². The number of allylic oxidation sites excluding steroid dienone is 2. The molecule has 0 radical (unpaired) electrons. The van der Waals surface area contributed by atoms with Gasteiger partial charge in [0.25, 0.3) is 0 Å². The van der Waals surface area contributed by atoms with Crippen LogP contribution < -0.4 is 4.90 Å². The normalized spacial score (nSPS) is 37.2. The molecule has 0 N–H and O–H groups in total. The smallest absolute Gasteiger partial charge is 0.239 e. The Morgan fingerprint density at radius 2 is 1.70 bits per heavy atom. The molecule has 33 heavy (non-hydrogen) atoms. The minimum absolute atomic E-state index is 0.0163. The molecule has 5 aliphatic carbocycles. The number of hydrogen-bond acceptors (Lipinski definition) is 4. The number of pyridine rings is 1. The van der Waals surface area contributed by atoms with Crippen molar-refractivity contribution in [3.8, 4) is 0 Å². The third-order valence-corrected chi connectivity index (χ3v) is 8.71. The van der Waals surface area contributed by atoms with E-state index in [1.165, 1.54) is 23.1 Å². The molecule has 166 valence electrons. The first-order valence-electron chi connectivity index (χ1n) is 11.5. The lowest BCUT2D eigenvalue weighted by Gasteiger charge is -2.37. The van der Waals surface area contributed by atoms with E-state index in [9.17, 15) is 18.8 Å². The number of anilines is 1. The molecule has 4 fully saturated rings. The van der Waals surface area contributed by atoms with Crippen LogP contribution >= 0.6 is 11.6 Å². The predicted molar refractivity (Wildman–Crippen MR) is 118 cm³/mol. The molecule has 5 nitrogen and oxygen atoms in total. The number of amides is 2. The van der Waals surface area contributed by atoms with Crippen LogP contribution in [0.1, 0.15) is 34.7 Å². The lowest BCUT2D eigenvalue weighted by molar-refractivity contribution is -0.124. The maximum absolute atomic E-state index is 13.4. The lowest BCUT2D eigenvalue weighted by Crippen LogP contribution is -2.40. The summed E-state index contributed by atoms with van der Waals surface area (Å²) in [4.78, 5) is 45.0. The van der Waals surface area contributed by atoms with Crippen LogP contribution in [0.2, 0.25) is 5.02 Å². The van der Waals surface area contributed by atoms with Crippen molar-refractivity contribution in [2.45, 2.75) is 18.8 Å². The Bertz CT molecular complexity index is 1240. The van der Waals surface area contributed by atoms with E-state index in [0.29, 0.717) is 29.6 Å². The molecule has 3 saturated carbocycles. The van der Waals surface area contributed by atoms with Crippen molar-refractivity contribution in [3.05, 3.63) is 70.6 Å². The molecule has 6 aliphatic rings. The van der Waals surface area contributed by atoms with Crippen LogP contribution in [0.5, 0.6) is 0 Å². The van der Waals surface area contributed by atoms with Crippen LogP contribution in [0.15, 0.2) is 48.7 Å². The Morgan fingerprint density at radius 1 is 1.00 bits per heavy atom. The Labute approximate surface area is 194 Å². The Kier molecular flexibility index (Phi) is 3.92. The SMILES string of the molecule is O=C(c1ccc(F)c(Cl)c1)C1CC1c1ccc(N2C(=O)C3C4C=CC(C5CC45)C3C2=O)nc1. The second kappa shape index (κ2) is 6.60. The summed E-state index contributed by atoms with van der Waals surface area (Å²) < 4.78 is 13.4. The molecule has 1 aliphatic heterocycles. The number of nitrogens with zero attached hydrogens (tertiary/aromatic N) is 2. The molecule has 8 atom stereocenters. The van der Waals surface area contributed by atoms with Gasteiger partial charge in [-0.3, -0.25) is 14.4 Å². The predicted octanol–water partition coefficient (Wildman–Crippen LogP) is 4.42. The fourth-order valence-electron chi connectivity index (χ4n) is 6.65. The first-order valence-corrected chi connectivity index (χ1v) is 11.8. The molecule has 2 amide bonds. The Morgan fingerprint density at radius 3 is 2.30 bits per heavy atom. The third-order valence-electron chi connectivity index (χ3n) is 8.42. The van der Waals surface area contributed by atoms with Crippen LogP contribution in [0.3, 0.4) is 0 Å². The van der Waals surface area contributed by atoms with E-state index >= 15 is 0 Å². The van der Waals surface area contributed by atoms with E-state index in [1.54, 1.807) is 12.3 Å². The third kappa shape index (κ3) is 2.70. The van der Waals surface area contributed by atoms with Gasteiger partial charge in [-0.15, -0.1) is 0 Å². The van der Waals surface area contributed by atoms with Gasteiger partial charge < -0.3 is 0 Å². The van der Waals surface area contributed by atoms with Crippen molar-refractivity contribution < 1.29 is 18.8 Å². The highest BCUT2D eigenvalue weighted by Gasteiger charge is 2.67. The van der Waals surface area contributed by atoms with E-state index in [1.807, 2.05) is 6.07 Å². The zero-order valence-corrected chi connectivity index (χ0v) is 18.3. The van der Waals surface area contributed by atoms with Crippen LogP contribution in [-0.2, 0) is 9.59 Å². The van der Waals surface area contributed by atoms with Gasteiger partial charge in [-0.2, -0.15) is 0 Å². The maximum atomic E-state index is 13.4. The number of aromatic nitrogens is 1. The number of ketones is 1. The van der Waals surface area contributed by atoms with Gasteiger partial charge in [0.1, 0.15) is 11.6 Å². The highest BCUT2D eigenvalue weighted by Crippen LogP contribution is 2.65. The minimum Gasteiger partial charge on any atom is -0.294 e. The highest BCUT2D eigenvalue weighted by atomic mass is 35.5. The molecular weight excluding hydrogens is 443 g/mol. The first-order chi connectivity index (χ1) is 15.9. The summed E-state index contributed by atoms with van der Waals surface area (Å²) in [6.07, 6.45) is 7.79. The molecule has 8 rings (SSSR count). The molecule has 8 unspecified atom stereocenters. The molecule has 1 aromatic carbocycles. The summed E-state index contributed by atoms with van der Waals surface area (Å²) in [6.45, 7) is 0. The summed E-state index contributed by atoms with van der Waals surface area (Å²) in [5.41, 5.74) is 1.29. The highest BCUT2D eigenvalue weighted by molar-refractivity contribution is 6.31. The van der Waals surface area contributed by atoms with E-state index in [4.69, 9.17) is 11.6 Å². The summed E-state index contributed by atoms with van der Waals surface area (Å²) in [7, 11) is 0. The maximum Gasteiger partial charge on any atom is 0.239 e. The number of halogens is 2.